The van der Waals surface area contributed by atoms with E-state index in [-0.39, 0.29) is 5.91 Å². The van der Waals surface area contributed by atoms with Gasteiger partial charge < -0.3 is 15.2 Å². The highest BCUT2D eigenvalue weighted by Gasteiger charge is 2.41. The van der Waals surface area contributed by atoms with Crippen LogP contribution < -0.4 is 10.1 Å². The zero-order chi connectivity index (χ0) is 16.0. The number of hydrogen-bond donors (Lipinski definition) is 2. The van der Waals surface area contributed by atoms with Gasteiger partial charge in [-0.05, 0) is 48.6 Å². The summed E-state index contributed by atoms with van der Waals surface area (Å²) >= 11 is 1.71. The second-order valence-corrected chi connectivity index (χ2v) is 6.30. The van der Waals surface area contributed by atoms with Crippen molar-refractivity contribution in [1.29, 1.82) is 0 Å². The number of hydrogen-bond acceptors (Lipinski definition) is 4. The van der Waals surface area contributed by atoms with E-state index in [1.165, 1.54) is 0 Å². The van der Waals surface area contributed by atoms with Crippen molar-refractivity contribution in [2.24, 2.45) is 0 Å². The molecular formula is C16H19NO4S. The van der Waals surface area contributed by atoms with Gasteiger partial charge in [0.2, 0.25) is 0 Å². The summed E-state index contributed by atoms with van der Waals surface area (Å²) in [5.74, 6) is 0.775. The zero-order valence-corrected chi connectivity index (χ0v) is 13.0. The number of aliphatic carboxylic acids is 1. The average molecular weight is 321 g/mol. The highest BCUT2D eigenvalue weighted by atomic mass is 32.2. The van der Waals surface area contributed by atoms with Crippen LogP contribution in [0.4, 0.5) is 0 Å². The maximum absolute atomic E-state index is 12.3. The quantitative estimate of drug-likeness (QED) is 0.787. The Balaban J connectivity index is 2.06. The van der Waals surface area contributed by atoms with Crippen molar-refractivity contribution in [3.05, 3.63) is 42.5 Å². The van der Waals surface area contributed by atoms with Crippen molar-refractivity contribution in [1.82, 2.24) is 5.32 Å². The number of carboxylic acids is 1. The van der Waals surface area contributed by atoms with Crippen molar-refractivity contribution < 1.29 is 19.4 Å². The minimum Gasteiger partial charge on any atom is -0.490 e. The Morgan fingerprint density at radius 3 is 2.50 bits per heavy atom. The fourth-order valence-corrected chi connectivity index (χ4v) is 3.45. The van der Waals surface area contributed by atoms with Crippen molar-refractivity contribution in [2.45, 2.75) is 18.4 Å². The molecule has 1 heterocycles. The Labute approximate surface area is 133 Å². The first-order valence-corrected chi connectivity index (χ1v) is 8.20. The molecule has 1 aromatic rings. The van der Waals surface area contributed by atoms with Gasteiger partial charge in [-0.25, -0.2) is 4.79 Å². The lowest BCUT2D eigenvalue weighted by atomic mass is 9.92. The van der Waals surface area contributed by atoms with Gasteiger partial charge in [0.05, 0.1) is 0 Å². The minimum absolute atomic E-state index is 0.371. The van der Waals surface area contributed by atoms with Gasteiger partial charge in [-0.2, -0.15) is 11.8 Å². The molecule has 0 atom stereocenters. The van der Waals surface area contributed by atoms with Gasteiger partial charge >= 0.3 is 5.97 Å². The summed E-state index contributed by atoms with van der Waals surface area (Å²) < 4.78 is 5.35. The summed E-state index contributed by atoms with van der Waals surface area (Å²) in [5, 5.41) is 12.2. The molecule has 0 aromatic heterocycles. The predicted molar refractivity (Wildman–Crippen MR) is 86.5 cm³/mol. The third-order valence-electron chi connectivity index (χ3n) is 3.59. The van der Waals surface area contributed by atoms with Gasteiger partial charge in [0.1, 0.15) is 17.9 Å². The van der Waals surface area contributed by atoms with Gasteiger partial charge in [0, 0.05) is 5.56 Å². The molecule has 2 rings (SSSR count). The number of benzene rings is 1. The Morgan fingerprint density at radius 1 is 1.32 bits per heavy atom. The van der Waals surface area contributed by atoms with E-state index in [0.717, 1.165) is 11.5 Å². The second kappa shape index (κ2) is 7.35. The highest BCUT2D eigenvalue weighted by molar-refractivity contribution is 7.99. The number of carbonyl (C=O) groups excluding carboxylic acids is 1. The van der Waals surface area contributed by atoms with E-state index in [1.807, 2.05) is 0 Å². The minimum atomic E-state index is -1.15. The summed E-state index contributed by atoms with van der Waals surface area (Å²) in [4.78, 5) is 23.9. The topological polar surface area (TPSA) is 75.6 Å². The molecule has 0 saturated carbocycles. The van der Waals surface area contributed by atoms with Crippen LogP contribution in [0.1, 0.15) is 23.2 Å². The highest BCUT2D eigenvalue weighted by Crippen LogP contribution is 2.28. The Morgan fingerprint density at radius 2 is 1.95 bits per heavy atom. The predicted octanol–water partition coefficient (Wildman–Crippen LogP) is 2.33. The normalized spacial score (nSPS) is 16.5. The number of ether oxygens (including phenoxy) is 1. The molecule has 1 aliphatic rings. The van der Waals surface area contributed by atoms with Gasteiger partial charge in [-0.15, -0.1) is 0 Å². The molecule has 1 amide bonds. The molecule has 1 aliphatic heterocycles. The van der Waals surface area contributed by atoms with E-state index >= 15 is 0 Å². The van der Waals surface area contributed by atoms with Crippen molar-refractivity contribution >= 4 is 23.6 Å². The average Bonchev–Trinajstić information content (AvgIpc) is 2.54. The van der Waals surface area contributed by atoms with E-state index < -0.39 is 11.5 Å². The third-order valence-corrected chi connectivity index (χ3v) is 4.58. The molecular weight excluding hydrogens is 302 g/mol. The van der Waals surface area contributed by atoms with Gasteiger partial charge in [-0.1, -0.05) is 12.7 Å². The molecule has 0 aliphatic carbocycles. The lowest BCUT2D eigenvalue weighted by Crippen LogP contribution is -2.56. The Kier molecular flexibility index (Phi) is 5.49. The number of carboxylic acid groups (broad SMARTS) is 1. The smallest absolute Gasteiger partial charge is 0.329 e. The molecule has 1 saturated heterocycles. The van der Waals surface area contributed by atoms with E-state index in [1.54, 1.807) is 42.1 Å². The molecule has 0 spiro atoms. The number of carbonyl (C=O) groups is 2. The van der Waals surface area contributed by atoms with Gasteiger partial charge in [0.25, 0.3) is 5.91 Å². The molecule has 6 heteroatoms. The SMILES string of the molecule is C=CCOc1ccc(C(=O)NC2(C(=O)O)CCSCC2)cc1. The van der Waals surface area contributed by atoms with Crippen LogP contribution in [-0.2, 0) is 4.79 Å². The standard InChI is InChI=1S/C16H19NO4S/c1-2-9-21-13-5-3-12(4-6-13)14(18)17-16(15(19)20)7-10-22-11-8-16/h2-6H,1,7-11H2,(H,17,18)(H,19,20). The van der Waals surface area contributed by atoms with Gasteiger partial charge in [-0.3, -0.25) is 4.79 Å². The fraction of sp³-hybridized carbons (Fsp3) is 0.375. The summed E-state index contributed by atoms with van der Waals surface area (Å²) in [5.41, 5.74) is -0.731. The molecule has 0 radical (unpaired) electrons. The summed E-state index contributed by atoms with van der Waals surface area (Å²) in [6, 6.07) is 6.62. The van der Waals surface area contributed by atoms with Crippen LogP contribution in [0.2, 0.25) is 0 Å². The molecule has 2 N–H and O–H groups in total. The molecule has 1 aromatic carbocycles. The number of rotatable bonds is 6. The first-order valence-electron chi connectivity index (χ1n) is 7.05. The first kappa shape index (κ1) is 16.4. The van der Waals surface area contributed by atoms with Crippen molar-refractivity contribution in [3.8, 4) is 5.75 Å². The largest absolute Gasteiger partial charge is 0.490 e. The van der Waals surface area contributed by atoms with Crippen molar-refractivity contribution in [3.63, 3.8) is 0 Å². The van der Waals surface area contributed by atoms with E-state index in [4.69, 9.17) is 4.74 Å². The summed E-state index contributed by atoms with van der Waals surface area (Å²) in [6.45, 7) is 3.96. The lowest BCUT2D eigenvalue weighted by molar-refractivity contribution is -0.144. The van der Waals surface area contributed by atoms with E-state index in [0.29, 0.717) is 30.8 Å². The Bertz CT molecular complexity index is 550. The van der Waals surface area contributed by atoms with Crippen LogP contribution in [0.5, 0.6) is 5.75 Å². The number of nitrogens with one attached hydrogen (secondary N) is 1. The maximum Gasteiger partial charge on any atom is 0.329 e. The third kappa shape index (κ3) is 3.82. The molecule has 0 unspecified atom stereocenters. The second-order valence-electron chi connectivity index (χ2n) is 5.08. The van der Waals surface area contributed by atoms with Crippen LogP contribution in [0.25, 0.3) is 0 Å². The summed E-state index contributed by atoms with van der Waals surface area (Å²) in [6.07, 6.45) is 2.52. The van der Waals surface area contributed by atoms with Crippen LogP contribution in [0.3, 0.4) is 0 Å². The van der Waals surface area contributed by atoms with Crippen molar-refractivity contribution in [2.75, 3.05) is 18.1 Å². The molecule has 0 bridgehead atoms. The molecule has 118 valence electrons. The van der Waals surface area contributed by atoms with Crippen LogP contribution in [0, 0.1) is 0 Å². The monoisotopic (exact) mass is 321 g/mol. The summed E-state index contributed by atoms with van der Waals surface area (Å²) in [7, 11) is 0. The molecule has 22 heavy (non-hydrogen) atoms. The van der Waals surface area contributed by atoms with Crippen LogP contribution >= 0.6 is 11.8 Å². The molecule has 5 nitrogen and oxygen atoms in total. The molecule has 1 fully saturated rings. The fourth-order valence-electron chi connectivity index (χ4n) is 2.26. The van der Waals surface area contributed by atoms with Gasteiger partial charge in [0.15, 0.2) is 0 Å². The maximum atomic E-state index is 12.3. The van der Waals surface area contributed by atoms with Crippen LogP contribution in [-0.4, -0.2) is 40.6 Å². The number of amides is 1. The first-order chi connectivity index (χ1) is 10.6. The Hall–Kier alpha value is -1.95. The van der Waals surface area contributed by atoms with Crippen LogP contribution in [0.15, 0.2) is 36.9 Å². The van der Waals surface area contributed by atoms with E-state index in [2.05, 4.69) is 11.9 Å². The van der Waals surface area contributed by atoms with E-state index in [9.17, 15) is 14.7 Å². The zero-order valence-electron chi connectivity index (χ0n) is 12.2. The number of thioether (sulfide) groups is 1. The lowest BCUT2D eigenvalue weighted by Gasteiger charge is -2.33.